The Kier molecular flexibility index (Phi) is 3.99. The number of anilines is 1. The predicted octanol–water partition coefficient (Wildman–Crippen LogP) is 1.10. The van der Waals surface area contributed by atoms with E-state index >= 15 is 0 Å². The van der Waals surface area contributed by atoms with E-state index in [4.69, 9.17) is 5.84 Å². The van der Waals surface area contributed by atoms with Gasteiger partial charge in [0.05, 0.1) is 11.5 Å². The molecule has 1 heterocycles. The lowest BCUT2D eigenvalue weighted by Gasteiger charge is -2.10. The van der Waals surface area contributed by atoms with Crippen LogP contribution in [0.3, 0.4) is 0 Å². The summed E-state index contributed by atoms with van der Waals surface area (Å²) in [6.45, 7) is 3.75. The van der Waals surface area contributed by atoms with Crippen LogP contribution in [-0.4, -0.2) is 14.5 Å². The second-order valence-electron chi connectivity index (χ2n) is 4.66. The molecule has 1 aromatic heterocycles. The largest absolute Gasteiger partial charge is 0.348 e. The summed E-state index contributed by atoms with van der Waals surface area (Å²) in [7, 11) is 0. The maximum atomic E-state index is 11.9. The topological polar surface area (TPSA) is 116 Å². The molecule has 2 rings (SSSR count). The molecule has 0 fully saturated rings. The van der Waals surface area contributed by atoms with E-state index in [9.17, 15) is 14.9 Å². The van der Waals surface area contributed by atoms with Gasteiger partial charge in [-0.15, -0.1) is 0 Å². The average Bonchev–Trinajstić information content (AvgIpc) is 2.42. The first-order chi connectivity index (χ1) is 9.92. The Morgan fingerprint density at radius 1 is 1.38 bits per heavy atom. The molecule has 0 atom stereocenters. The van der Waals surface area contributed by atoms with Crippen molar-refractivity contribution in [3.05, 3.63) is 61.8 Å². The quantitative estimate of drug-likeness (QED) is 0.494. The van der Waals surface area contributed by atoms with Crippen LogP contribution in [0.15, 0.2) is 29.1 Å². The first-order valence-corrected chi connectivity index (χ1v) is 6.21. The molecule has 0 saturated heterocycles. The number of rotatable bonds is 4. The summed E-state index contributed by atoms with van der Waals surface area (Å²) >= 11 is 0. The van der Waals surface area contributed by atoms with Gasteiger partial charge < -0.3 is 5.43 Å². The first kappa shape index (κ1) is 14.7. The first-order valence-electron chi connectivity index (χ1n) is 6.21. The Morgan fingerprint density at radius 3 is 2.67 bits per heavy atom. The number of nitrogens with one attached hydrogen (secondary N) is 1. The van der Waals surface area contributed by atoms with Gasteiger partial charge in [-0.05, 0) is 31.5 Å². The van der Waals surface area contributed by atoms with Crippen LogP contribution in [-0.2, 0) is 6.54 Å². The van der Waals surface area contributed by atoms with Crippen molar-refractivity contribution in [1.29, 1.82) is 0 Å². The molecule has 110 valence electrons. The highest BCUT2D eigenvalue weighted by Crippen LogP contribution is 2.24. The zero-order chi connectivity index (χ0) is 15.6. The maximum absolute atomic E-state index is 11.9. The molecule has 0 amide bonds. The minimum absolute atomic E-state index is 0.138. The number of hydrazine groups is 1. The molecule has 2 aromatic rings. The van der Waals surface area contributed by atoms with Crippen molar-refractivity contribution in [3.8, 4) is 0 Å². The van der Waals surface area contributed by atoms with Gasteiger partial charge in [-0.1, -0.05) is 6.07 Å². The molecule has 0 aliphatic heterocycles. The van der Waals surface area contributed by atoms with Crippen molar-refractivity contribution in [2.45, 2.75) is 20.4 Å². The van der Waals surface area contributed by atoms with Crippen molar-refractivity contribution < 1.29 is 4.92 Å². The number of benzene rings is 1. The van der Waals surface area contributed by atoms with Gasteiger partial charge in [0.2, 0.25) is 0 Å². The van der Waals surface area contributed by atoms with Gasteiger partial charge in [0.15, 0.2) is 0 Å². The number of nitro groups is 1. The summed E-state index contributed by atoms with van der Waals surface area (Å²) < 4.78 is 1.46. The molecule has 3 N–H and O–H groups in total. The van der Waals surface area contributed by atoms with Crippen LogP contribution in [0.4, 0.5) is 11.4 Å². The van der Waals surface area contributed by atoms with Crippen LogP contribution in [0, 0.1) is 24.0 Å². The zero-order valence-electron chi connectivity index (χ0n) is 11.7. The van der Waals surface area contributed by atoms with E-state index in [1.807, 2.05) is 0 Å². The molecule has 0 radical (unpaired) electrons. The molecule has 0 aliphatic rings. The van der Waals surface area contributed by atoms with E-state index in [-0.39, 0.29) is 23.6 Å². The molecule has 8 heteroatoms. The van der Waals surface area contributed by atoms with Gasteiger partial charge in [0, 0.05) is 17.5 Å². The van der Waals surface area contributed by atoms with E-state index < -0.39 is 4.92 Å². The molecule has 0 aliphatic carbocycles. The Morgan fingerprint density at radius 2 is 2.10 bits per heavy atom. The van der Waals surface area contributed by atoms with Gasteiger partial charge in [-0.25, -0.2) is 4.79 Å². The Balaban J connectivity index is 2.43. The lowest BCUT2D eigenvalue weighted by molar-refractivity contribution is -0.384. The van der Waals surface area contributed by atoms with E-state index in [1.54, 1.807) is 26.0 Å². The molecular weight excluding hydrogens is 274 g/mol. The molecule has 0 saturated carbocycles. The smallest absolute Gasteiger partial charge is 0.318 e. The highest BCUT2D eigenvalue weighted by atomic mass is 16.6. The highest BCUT2D eigenvalue weighted by Gasteiger charge is 2.14. The molecule has 1 aromatic carbocycles. The third kappa shape index (κ3) is 3.06. The van der Waals surface area contributed by atoms with Crippen LogP contribution in [0.25, 0.3) is 0 Å². The number of aromatic nitrogens is 2. The van der Waals surface area contributed by atoms with Crippen molar-refractivity contribution in [3.63, 3.8) is 0 Å². The minimum Gasteiger partial charge on any atom is -0.318 e. The van der Waals surface area contributed by atoms with E-state index in [1.165, 1.54) is 16.7 Å². The number of nitrogens with two attached hydrogens (primary N) is 1. The summed E-state index contributed by atoms with van der Waals surface area (Å²) in [5.74, 6) is 5.24. The van der Waals surface area contributed by atoms with Crippen LogP contribution in [0.2, 0.25) is 0 Å². The van der Waals surface area contributed by atoms with Crippen LogP contribution in [0.1, 0.15) is 17.0 Å². The van der Waals surface area contributed by atoms with Crippen molar-refractivity contribution >= 4 is 11.4 Å². The highest BCUT2D eigenvalue weighted by molar-refractivity contribution is 5.61. The minimum atomic E-state index is -0.526. The summed E-state index contributed by atoms with van der Waals surface area (Å²) in [5, 5.41) is 11.0. The second kappa shape index (κ2) is 5.71. The number of nitro benzene ring substituents is 1. The van der Waals surface area contributed by atoms with E-state index in [0.717, 1.165) is 5.69 Å². The van der Waals surface area contributed by atoms with Crippen LogP contribution < -0.4 is 17.0 Å². The standard InChI is InChI=1S/C13H15N5O3/c1-8-5-9(2)17(13(19)15-8)7-10-3-4-11(16-14)12(6-10)18(20)21/h3-6,16H,7,14H2,1-2H3. The maximum Gasteiger partial charge on any atom is 0.348 e. The normalized spacial score (nSPS) is 10.4. The van der Waals surface area contributed by atoms with Crippen LogP contribution in [0.5, 0.6) is 0 Å². The van der Waals surface area contributed by atoms with Crippen molar-refractivity contribution in [1.82, 2.24) is 9.55 Å². The predicted molar refractivity (Wildman–Crippen MR) is 78.0 cm³/mol. The molecule has 0 bridgehead atoms. The fraction of sp³-hybridized carbons (Fsp3) is 0.231. The molecular formula is C13H15N5O3. The van der Waals surface area contributed by atoms with Crippen molar-refractivity contribution in [2.75, 3.05) is 5.43 Å². The van der Waals surface area contributed by atoms with Gasteiger partial charge in [0.25, 0.3) is 5.69 Å². The number of hydrogen-bond acceptors (Lipinski definition) is 6. The zero-order valence-corrected chi connectivity index (χ0v) is 11.7. The van der Waals surface area contributed by atoms with Gasteiger partial charge in [-0.3, -0.25) is 20.5 Å². The fourth-order valence-corrected chi connectivity index (χ4v) is 2.10. The summed E-state index contributed by atoms with van der Waals surface area (Å²) in [5.41, 5.74) is 3.99. The van der Waals surface area contributed by atoms with Crippen molar-refractivity contribution in [2.24, 2.45) is 5.84 Å². The molecule has 0 spiro atoms. The average molecular weight is 289 g/mol. The lowest BCUT2D eigenvalue weighted by atomic mass is 10.1. The van der Waals surface area contributed by atoms with Gasteiger partial charge in [-0.2, -0.15) is 4.98 Å². The second-order valence-corrected chi connectivity index (χ2v) is 4.66. The third-order valence-electron chi connectivity index (χ3n) is 3.10. The Labute approximate surface area is 120 Å². The summed E-state index contributed by atoms with van der Waals surface area (Å²) in [4.78, 5) is 26.2. The third-order valence-corrected chi connectivity index (χ3v) is 3.10. The Hall–Kier alpha value is -2.74. The molecule has 8 nitrogen and oxygen atoms in total. The molecule has 21 heavy (non-hydrogen) atoms. The van der Waals surface area contributed by atoms with Crippen LogP contribution >= 0.6 is 0 Å². The monoisotopic (exact) mass is 289 g/mol. The number of hydrogen-bond donors (Lipinski definition) is 2. The number of nitrogen functional groups attached to an aromatic ring is 1. The van der Waals surface area contributed by atoms with E-state index in [2.05, 4.69) is 10.4 Å². The number of nitrogens with zero attached hydrogens (tertiary/aromatic N) is 3. The lowest BCUT2D eigenvalue weighted by Crippen LogP contribution is -2.26. The van der Waals surface area contributed by atoms with Gasteiger partial charge in [0.1, 0.15) is 5.69 Å². The SMILES string of the molecule is Cc1cc(C)n(Cc2ccc(NN)c([N+](=O)[O-])c2)c(=O)n1. The fourth-order valence-electron chi connectivity index (χ4n) is 2.10. The summed E-state index contributed by atoms with van der Waals surface area (Å²) in [6, 6.07) is 6.36. The van der Waals surface area contributed by atoms with Gasteiger partial charge >= 0.3 is 5.69 Å². The molecule has 0 unspecified atom stereocenters. The Bertz CT molecular complexity index is 754. The number of aryl methyl sites for hydroxylation is 2. The summed E-state index contributed by atoms with van der Waals surface area (Å²) in [6.07, 6.45) is 0. The van der Waals surface area contributed by atoms with E-state index in [0.29, 0.717) is 11.3 Å².